The van der Waals surface area contributed by atoms with Crippen LogP contribution in [0, 0.1) is 11.7 Å². The second-order valence-electron chi connectivity index (χ2n) is 7.92. The first-order chi connectivity index (χ1) is 15.0. The Morgan fingerprint density at radius 3 is 2.61 bits per heavy atom. The van der Waals surface area contributed by atoms with Crippen LogP contribution in [0.2, 0.25) is 5.02 Å². The van der Waals surface area contributed by atoms with Crippen molar-refractivity contribution in [3.05, 3.63) is 71.3 Å². The van der Waals surface area contributed by atoms with E-state index in [9.17, 15) is 9.50 Å². The summed E-state index contributed by atoms with van der Waals surface area (Å²) in [6, 6.07) is 12.2. The van der Waals surface area contributed by atoms with E-state index < -0.39 is 11.6 Å². The van der Waals surface area contributed by atoms with Crippen LogP contribution in [0.4, 0.5) is 21.6 Å². The summed E-state index contributed by atoms with van der Waals surface area (Å²) in [6.45, 7) is 0. The molecule has 0 radical (unpaired) electrons. The topological polar surface area (TPSA) is 84.1 Å². The molecule has 0 amide bonds. The Morgan fingerprint density at radius 2 is 1.90 bits per heavy atom. The van der Waals surface area contributed by atoms with Crippen molar-refractivity contribution >= 4 is 39.7 Å². The highest BCUT2D eigenvalue weighted by molar-refractivity contribution is 6.32. The van der Waals surface area contributed by atoms with E-state index in [1.165, 1.54) is 18.9 Å². The van der Waals surface area contributed by atoms with E-state index in [0.717, 1.165) is 39.8 Å². The molecule has 2 aromatic heterocycles. The molecule has 2 aromatic carbocycles. The van der Waals surface area contributed by atoms with Gasteiger partial charge >= 0.3 is 0 Å². The number of nitrogens with one attached hydrogen (secondary N) is 1. The second-order valence-corrected chi connectivity index (χ2v) is 8.33. The molecule has 0 aliphatic heterocycles. The lowest BCUT2D eigenvalue weighted by Gasteiger charge is -2.16. The minimum Gasteiger partial charge on any atom is -0.504 e. The zero-order chi connectivity index (χ0) is 21.5. The fourth-order valence-corrected chi connectivity index (χ4v) is 3.91. The third kappa shape index (κ3) is 3.99. The van der Waals surface area contributed by atoms with Gasteiger partial charge in [-0.25, -0.2) is 9.37 Å². The van der Waals surface area contributed by atoms with Crippen molar-refractivity contribution in [3.63, 3.8) is 0 Å². The first-order valence-corrected chi connectivity index (χ1v) is 10.4. The number of phenols is 1. The molecule has 5 nitrogen and oxygen atoms in total. The lowest BCUT2D eigenvalue weighted by molar-refractivity contribution is 0.433. The average molecular weight is 435 g/mol. The number of nitrogen functional groups attached to an aromatic ring is 1. The first kappa shape index (κ1) is 19.6. The van der Waals surface area contributed by atoms with Gasteiger partial charge in [-0.3, -0.25) is 4.98 Å². The molecule has 0 unspecified atom stereocenters. The molecule has 7 heteroatoms. The number of phenolic OH excluding ortho intramolecular Hbond substituents is 1. The lowest BCUT2D eigenvalue weighted by atomic mass is 9.99. The van der Waals surface area contributed by atoms with Crippen molar-refractivity contribution in [2.75, 3.05) is 11.1 Å². The van der Waals surface area contributed by atoms with E-state index in [0.29, 0.717) is 17.3 Å². The summed E-state index contributed by atoms with van der Waals surface area (Å²) in [5.41, 5.74) is 10.8. The SMILES string of the molecule is Nc1ccc(Nc2c(CC3CC3)cnc3ccc(-c4cc(F)c(O)c(Cl)c4)cc23)cn1. The van der Waals surface area contributed by atoms with Crippen LogP contribution in [0.1, 0.15) is 18.4 Å². The van der Waals surface area contributed by atoms with Gasteiger partial charge in [-0.15, -0.1) is 0 Å². The molecule has 31 heavy (non-hydrogen) atoms. The maximum atomic E-state index is 14.1. The number of nitrogens with zero attached hydrogens (tertiary/aromatic N) is 2. The third-order valence-electron chi connectivity index (χ3n) is 5.56. The number of aromatic nitrogens is 2. The summed E-state index contributed by atoms with van der Waals surface area (Å²) < 4.78 is 14.1. The summed E-state index contributed by atoms with van der Waals surface area (Å²) in [4.78, 5) is 8.82. The predicted octanol–water partition coefficient (Wildman–Crippen LogP) is 6.07. The van der Waals surface area contributed by atoms with E-state index in [1.807, 2.05) is 30.5 Å². The number of nitrogens with two attached hydrogens (primary N) is 1. The zero-order valence-corrected chi connectivity index (χ0v) is 17.3. The highest BCUT2D eigenvalue weighted by Gasteiger charge is 2.24. The van der Waals surface area contributed by atoms with Crippen molar-refractivity contribution in [1.29, 1.82) is 0 Å². The van der Waals surface area contributed by atoms with Crippen LogP contribution < -0.4 is 11.1 Å². The zero-order valence-electron chi connectivity index (χ0n) is 16.6. The fourth-order valence-electron chi connectivity index (χ4n) is 3.70. The van der Waals surface area contributed by atoms with Crippen molar-refractivity contribution in [2.45, 2.75) is 19.3 Å². The van der Waals surface area contributed by atoms with Gasteiger partial charge < -0.3 is 16.2 Å². The third-order valence-corrected chi connectivity index (χ3v) is 5.85. The predicted molar refractivity (Wildman–Crippen MR) is 122 cm³/mol. The van der Waals surface area contributed by atoms with Gasteiger partial charge in [0.1, 0.15) is 5.82 Å². The van der Waals surface area contributed by atoms with E-state index in [2.05, 4.69) is 15.3 Å². The maximum Gasteiger partial charge on any atom is 0.170 e. The maximum absolute atomic E-state index is 14.1. The van der Waals surface area contributed by atoms with E-state index in [1.54, 1.807) is 18.3 Å². The highest BCUT2D eigenvalue weighted by Crippen LogP contribution is 2.39. The molecular weight excluding hydrogens is 415 g/mol. The molecule has 5 rings (SSSR count). The first-order valence-electron chi connectivity index (χ1n) is 10.1. The van der Waals surface area contributed by atoms with Crippen molar-refractivity contribution in [3.8, 4) is 16.9 Å². The van der Waals surface area contributed by atoms with Gasteiger partial charge in [-0.2, -0.15) is 0 Å². The van der Waals surface area contributed by atoms with Gasteiger partial charge in [0.2, 0.25) is 0 Å². The molecule has 2 heterocycles. The van der Waals surface area contributed by atoms with Crippen LogP contribution in [-0.2, 0) is 6.42 Å². The quantitative estimate of drug-likeness (QED) is 0.355. The monoisotopic (exact) mass is 434 g/mol. The van der Waals surface area contributed by atoms with Gasteiger partial charge in [0, 0.05) is 11.6 Å². The number of fused-ring (bicyclic) bond motifs is 1. The minimum atomic E-state index is -0.755. The van der Waals surface area contributed by atoms with Gasteiger partial charge in [-0.05, 0) is 78.3 Å². The van der Waals surface area contributed by atoms with Crippen molar-refractivity contribution in [1.82, 2.24) is 9.97 Å². The molecule has 1 fully saturated rings. The van der Waals surface area contributed by atoms with Crippen LogP contribution in [0.3, 0.4) is 0 Å². The molecular formula is C24H20ClFN4O. The Hall–Kier alpha value is -3.38. The Balaban J connectivity index is 1.65. The van der Waals surface area contributed by atoms with Gasteiger partial charge in [0.05, 0.1) is 28.1 Å². The Bertz CT molecular complexity index is 1270. The standard InChI is InChI=1S/C24H20ClFN4O/c25-19-9-15(10-20(26)24(19)31)14-3-5-21-18(8-14)23(16(11-28-21)7-13-1-2-13)30-17-4-6-22(27)29-12-17/h3-6,8-13,31H,1-2,7H2,(H2,27,29)(H,28,30). The largest absolute Gasteiger partial charge is 0.504 e. The number of hydrogen-bond acceptors (Lipinski definition) is 5. The van der Waals surface area contributed by atoms with Crippen LogP contribution in [0.15, 0.2) is 54.9 Å². The number of benzene rings is 2. The van der Waals surface area contributed by atoms with Crippen LogP contribution in [-0.4, -0.2) is 15.1 Å². The molecule has 1 aliphatic rings. The number of aromatic hydroxyl groups is 1. The van der Waals surface area contributed by atoms with Crippen molar-refractivity contribution < 1.29 is 9.50 Å². The number of rotatable bonds is 5. The van der Waals surface area contributed by atoms with E-state index >= 15 is 0 Å². The molecule has 0 saturated heterocycles. The summed E-state index contributed by atoms with van der Waals surface area (Å²) in [7, 11) is 0. The molecule has 0 spiro atoms. The second kappa shape index (κ2) is 7.71. The summed E-state index contributed by atoms with van der Waals surface area (Å²) in [5.74, 6) is -0.165. The summed E-state index contributed by atoms with van der Waals surface area (Å²) in [5, 5.41) is 14.0. The van der Waals surface area contributed by atoms with E-state index in [4.69, 9.17) is 17.3 Å². The van der Waals surface area contributed by atoms with Crippen LogP contribution in [0.5, 0.6) is 5.75 Å². The summed E-state index contributed by atoms with van der Waals surface area (Å²) >= 11 is 6.00. The Labute approximate surface area is 183 Å². The number of hydrogen-bond donors (Lipinski definition) is 3. The average Bonchev–Trinajstić information content (AvgIpc) is 3.58. The molecule has 1 saturated carbocycles. The van der Waals surface area contributed by atoms with Crippen LogP contribution >= 0.6 is 11.6 Å². The molecule has 1 aliphatic carbocycles. The van der Waals surface area contributed by atoms with Gasteiger partial charge in [0.15, 0.2) is 11.6 Å². The highest BCUT2D eigenvalue weighted by atomic mass is 35.5. The summed E-state index contributed by atoms with van der Waals surface area (Å²) in [6.07, 6.45) is 7.02. The van der Waals surface area contributed by atoms with Crippen LogP contribution in [0.25, 0.3) is 22.0 Å². The lowest BCUT2D eigenvalue weighted by Crippen LogP contribution is -2.01. The van der Waals surface area contributed by atoms with Gasteiger partial charge in [-0.1, -0.05) is 17.7 Å². The smallest absolute Gasteiger partial charge is 0.170 e. The number of halogens is 2. The Kier molecular flexibility index (Phi) is 4.87. The van der Waals surface area contributed by atoms with Crippen molar-refractivity contribution in [2.24, 2.45) is 5.92 Å². The molecule has 0 bridgehead atoms. The number of pyridine rings is 2. The van der Waals surface area contributed by atoms with Gasteiger partial charge in [0.25, 0.3) is 0 Å². The minimum absolute atomic E-state index is 0.0259. The molecule has 4 aromatic rings. The molecule has 4 N–H and O–H groups in total. The molecule has 156 valence electrons. The van der Waals surface area contributed by atoms with E-state index in [-0.39, 0.29) is 5.02 Å². The number of anilines is 3. The normalized spacial score (nSPS) is 13.5. The molecule has 0 atom stereocenters. The fraction of sp³-hybridized carbons (Fsp3) is 0.167. The Morgan fingerprint density at radius 1 is 1.06 bits per heavy atom.